The monoisotopic (exact) mass is 498 g/mol. The van der Waals surface area contributed by atoms with Gasteiger partial charge in [-0.2, -0.15) is 15.1 Å². The summed E-state index contributed by atoms with van der Waals surface area (Å²) in [4.78, 5) is 27.1. The Hall–Kier alpha value is -3.86. The van der Waals surface area contributed by atoms with Gasteiger partial charge in [0.1, 0.15) is 12.2 Å². The van der Waals surface area contributed by atoms with Crippen LogP contribution in [-0.4, -0.2) is 70.1 Å². The topological polar surface area (TPSA) is 105 Å². The number of anilines is 1. The van der Waals surface area contributed by atoms with Gasteiger partial charge in [0.25, 0.3) is 0 Å². The Bertz CT molecular complexity index is 1590. The molecular weight excluding hydrogens is 468 g/mol. The van der Waals surface area contributed by atoms with Crippen LogP contribution in [0.3, 0.4) is 0 Å². The molecule has 4 aromatic heterocycles. The predicted octanol–water partition coefficient (Wildman–Crippen LogP) is 3.47. The van der Waals surface area contributed by atoms with Gasteiger partial charge in [-0.3, -0.25) is 4.57 Å². The molecule has 5 aromatic rings. The van der Waals surface area contributed by atoms with Crippen LogP contribution in [0.2, 0.25) is 0 Å². The molecule has 37 heavy (non-hydrogen) atoms. The molecule has 7 rings (SSSR count). The van der Waals surface area contributed by atoms with E-state index in [4.69, 9.17) is 24.7 Å². The standard InChI is InChI=1S/C26H30N10O/c1-3-20-29-18-10-6-7-11-19(18)35(20)26-31-22-21(23(32-26)34-12-14-37-15-13-34)30-25(33(22)2)24-27-16-28-36(24)17-8-4-5-9-17/h6-7,10-11,16-17H,3-5,8-9,12-15H2,1-2H3. The van der Waals surface area contributed by atoms with Crippen LogP contribution in [0.25, 0.3) is 39.8 Å². The van der Waals surface area contributed by atoms with Crippen LogP contribution in [0.5, 0.6) is 0 Å². The molecule has 1 aromatic carbocycles. The van der Waals surface area contributed by atoms with Crippen molar-refractivity contribution >= 4 is 28.0 Å². The van der Waals surface area contributed by atoms with E-state index in [-0.39, 0.29) is 0 Å². The Kier molecular flexibility index (Phi) is 5.38. The third-order valence-corrected chi connectivity index (χ3v) is 7.59. The van der Waals surface area contributed by atoms with Gasteiger partial charge in [0, 0.05) is 26.6 Å². The molecule has 2 fully saturated rings. The number of imidazole rings is 2. The zero-order chi connectivity index (χ0) is 24.9. The smallest absolute Gasteiger partial charge is 0.239 e. The van der Waals surface area contributed by atoms with Gasteiger partial charge in [0.2, 0.25) is 5.95 Å². The Morgan fingerprint density at radius 1 is 0.973 bits per heavy atom. The minimum atomic E-state index is 0.363. The van der Waals surface area contributed by atoms with Gasteiger partial charge in [-0.25, -0.2) is 19.6 Å². The van der Waals surface area contributed by atoms with Gasteiger partial charge < -0.3 is 14.2 Å². The molecule has 1 saturated heterocycles. The molecule has 0 spiro atoms. The van der Waals surface area contributed by atoms with E-state index in [9.17, 15) is 0 Å². The summed E-state index contributed by atoms with van der Waals surface area (Å²) in [6.07, 6.45) is 7.10. The van der Waals surface area contributed by atoms with Gasteiger partial charge >= 0.3 is 0 Å². The number of ether oxygens (including phenoxy) is 1. The lowest BCUT2D eigenvalue weighted by Crippen LogP contribution is -2.37. The van der Waals surface area contributed by atoms with E-state index >= 15 is 0 Å². The fourth-order valence-corrected chi connectivity index (χ4v) is 5.69. The highest BCUT2D eigenvalue weighted by atomic mass is 16.5. The molecule has 5 heterocycles. The molecule has 0 N–H and O–H groups in total. The van der Waals surface area contributed by atoms with Crippen molar-refractivity contribution in [3.05, 3.63) is 36.4 Å². The molecule has 11 heteroatoms. The Morgan fingerprint density at radius 3 is 2.59 bits per heavy atom. The number of hydrogen-bond acceptors (Lipinski definition) is 8. The van der Waals surface area contributed by atoms with Crippen molar-refractivity contribution < 1.29 is 4.74 Å². The van der Waals surface area contributed by atoms with E-state index in [1.807, 2.05) is 29.8 Å². The fraction of sp³-hybridized carbons (Fsp3) is 0.462. The fourth-order valence-electron chi connectivity index (χ4n) is 5.69. The van der Waals surface area contributed by atoms with E-state index in [0.717, 1.165) is 77.8 Å². The Morgan fingerprint density at radius 2 is 1.78 bits per heavy atom. The summed E-state index contributed by atoms with van der Waals surface area (Å²) in [5.74, 6) is 3.89. The SMILES string of the molecule is CCc1nc2ccccc2n1-c1nc(N2CCOCC2)c2nc(-c3ncnn3C3CCCC3)n(C)c2n1. The van der Waals surface area contributed by atoms with Crippen LogP contribution in [0, 0.1) is 0 Å². The van der Waals surface area contributed by atoms with Crippen molar-refractivity contribution in [1.82, 2.24) is 43.8 Å². The molecule has 0 atom stereocenters. The van der Waals surface area contributed by atoms with Crippen molar-refractivity contribution in [1.29, 1.82) is 0 Å². The van der Waals surface area contributed by atoms with Crippen molar-refractivity contribution in [2.75, 3.05) is 31.2 Å². The highest BCUT2D eigenvalue weighted by molar-refractivity contribution is 5.88. The van der Waals surface area contributed by atoms with E-state index in [1.54, 1.807) is 6.33 Å². The number of hydrogen-bond donors (Lipinski definition) is 0. The second kappa shape index (κ2) is 8.91. The molecular formula is C26H30N10O. The van der Waals surface area contributed by atoms with Crippen LogP contribution >= 0.6 is 0 Å². The number of rotatable bonds is 5. The second-order valence-corrected chi connectivity index (χ2v) is 9.79. The molecule has 0 bridgehead atoms. The van der Waals surface area contributed by atoms with Gasteiger partial charge in [0.05, 0.1) is 30.3 Å². The van der Waals surface area contributed by atoms with Gasteiger partial charge in [0.15, 0.2) is 28.6 Å². The number of fused-ring (bicyclic) bond motifs is 2. The zero-order valence-corrected chi connectivity index (χ0v) is 21.2. The first-order valence-electron chi connectivity index (χ1n) is 13.2. The predicted molar refractivity (Wildman–Crippen MR) is 140 cm³/mol. The first kappa shape index (κ1) is 22.3. The van der Waals surface area contributed by atoms with Crippen molar-refractivity contribution in [3.8, 4) is 17.6 Å². The first-order valence-corrected chi connectivity index (χ1v) is 13.2. The van der Waals surface area contributed by atoms with Crippen LogP contribution in [0.1, 0.15) is 44.5 Å². The summed E-state index contributed by atoms with van der Waals surface area (Å²) in [5.41, 5.74) is 3.47. The Balaban J connectivity index is 1.46. The molecule has 11 nitrogen and oxygen atoms in total. The first-order chi connectivity index (χ1) is 18.2. The van der Waals surface area contributed by atoms with Gasteiger partial charge in [-0.15, -0.1) is 0 Å². The van der Waals surface area contributed by atoms with E-state index in [0.29, 0.717) is 25.2 Å². The maximum atomic E-state index is 5.64. The van der Waals surface area contributed by atoms with Crippen molar-refractivity contribution in [2.24, 2.45) is 7.05 Å². The van der Waals surface area contributed by atoms with E-state index in [2.05, 4.69) is 37.2 Å². The van der Waals surface area contributed by atoms with Crippen molar-refractivity contribution in [2.45, 2.75) is 45.1 Å². The number of benzene rings is 1. The van der Waals surface area contributed by atoms with Gasteiger partial charge in [-0.1, -0.05) is 31.9 Å². The maximum absolute atomic E-state index is 5.64. The highest BCUT2D eigenvalue weighted by Crippen LogP contribution is 2.34. The molecule has 0 unspecified atom stereocenters. The van der Waals surface area contributed by atoms with Gasteiger partial charge in [-0.05, 0) is 25.0 Å². The molecule has 1 saturated carbocycles. The Labute approximate surface area is 214 Å². The van der Waals surface area contributed by atoms with Crippen molar-refractivity contribution in [3.63, 3.8) is 0 Å². The molecule has 0 amide bonds. The average molecular weight is 499 g/mol. The highest BCUT2D eigenvalue weighted by Gasteiger charge is 2.28. The average Bonchev–Trinajstić information content (AvgIpc) is 3.74. The lowest BCUT2D eigenvalue weighted by atomic mass is 10.2. The lowest BCUT2D eigenvalue weighted by Gasteiger charge is -2.28. The summed E-state index contributed by atoms with van der Waals surface area (Å²) in [6, 6.07) is 8.50. The summed E-state index contributed by atoms with van der Waals surface area (Å²) in [5, 5.41) is 4.59. The summed E-state index contributed by atoms with van der Waals surface area (Å²) >= 11 is 0. The number of aromatic nitrogens is 9. The van der Waals surface area contributed by atoms with Crippen LogP contribution < -0.4 is 4.90 Å². The minimum Gasteiger partial charge on any atom is -0.378 e. The summed E-state index contributed by atoms with van der Waals surface area (Å²) in [7, 11) is 2.00. The van der Waals surface area contributed by atoms with Crippen LogP contribution in [0.15, 0.2) is 30.6 Å². The molecule has 2 aliphatic rings. The number of para-hydroxylation sites is 2. The quantitative estimate of drug-likeness (QED) is 0.363. The normalized spacial score (nSPS) is 17.0. The molecule has 1 aliphatic carbocycles. The zero-order valence-electron chi connectivity index (χ0n) is 21.2. The molecule has 1 aliphatic heterocycles. The summed E-state index contributed by atoms with van der Waals surface area (Å²) in [6.45, 7) is 4.93. The number of nitrogens with zero attached hydrogens (tertiary/aromatic N) is 10. The summed E-state index contributed by atoms with van der Waals surface area (Å²) < 4.78 is 11.8. The van der Waals surface area contributed by atoms with Crippen LogP contribution in [-0.2, 0) is 18.2 Å². The van der Waals surface area contributed by atoms with E-state index < -0.39 is 0 Å². The third kappa shape index (κ3) is 3.59. The molecule has 0 radical (unpaired) electrons. The maximum Gasteiger partial charge on any atom is 0.239 e. The second-order valence-electron chi connectivity index (χ2n) is 9.79. The largest absolute Gasteiger partial charge is 0.378 e. The van der Waals surface area contributed by atoms with Crippen LogP contribution in [0.4, 0.5) is 5.82 Å². The van der Waals surface area contributed by atoms with E-state index in [1.165, 1.54) is 12.8 Å². The lowest BCUT2D eigenvalue weighted by molar-refractivity contribution is 0.122. The minimum absolute atomic E-state index is 0.363. The third-order valence-electron chi connectivity index (χ3n) is 7.59. The molecule has 190 valence electrons. The number of aryl methyl sites for hydroxylation is 2. The number of morpholine rings is 1.